The molecule has 136 valence electrons. The molecule has 8 nitrogen and oxygen atoms in total. The number of nitrogens with two attached hydrogens (primary N) is 2. The molecular weight excluding hydrogens is 340 g/mol. The Balaban J connectivity index is 1.97. The highest BCUT2D eigenvalue weighted by atomic mass is 15.2. The fourth-order valence-electron chi connectivity index (χ4n) is 3.23. The van der Waals surface area contributed by atoms with E-state index in [1.54, 1.807) is 10.9 Å². The van der Waals surface area contributed by atoms with Crippen LogP contribution in [0.15, 0.2) is 36.7 Å². The Morgan fingerprint density at radius 1 is 1.04 bits per heavy atom. The van der Waals surface area contributed by atoms with E-state index in [1.165, 1.54) is 0 Å². The molecule has 4 N–H and O–H groups in total. The van der Waals surface area contributed by atoms with Crippen molar-refractivity contribution in [3.8, 4) is 11.3 Å². The van der Waals surface area contributed by atoms with Gasteiger partial charge in [0.05, 0.1) is 17.4 Å². The van der Waals surface area contributed by atoms with E-state index in [9.17, 15) is 0 Å². The van der Waals surface area contributed by atoms with Crippen LogP contribution in [0.1, 0.15) is 29.8 Å². The Labute approximate surface area is 156 Å². The van der Waals surface area contributed by atoms with Crippen LogP contribution in [0.25, 0.3) is 22.2 Å². The maximum atomic E-state index is 5.77. The summed E-state index contributed by atoms with van der Waals surface area (Å²) in [7, 11) is 1.88. The summed E-state index contributed by atoms with van der Waals surface area (Å²) < 4.78 is 1.76. The predicted octanol–water partition coefficient (Wildman–Crippen LogP) is 2.44. The molecule has 0 amide bonds. The van der Waals surface area contributed by atoms with Crippen LogP contribution in [-0.4, -0.2) is 29.7 Å². The molecule has 0 saturated carbocycles. The van der Waals surface area contributed by atoms with Crippen molar-refractivity contribution < 1.29 is 0 Å². The van der Waals surface area contributed by atoms with Gasteiger partial charge in [0.2, 0.25) is 11.9 Å². The second kappa shape index (κ2) is 6.31. The maximum absolute atomic E-state index is 5.77. The van der Waals surface area contributed by atoms with Gasteiger partial charge in [-0.2, -0.15) is 20.1 Å². The van der Waals surface area contributed by atoms with Crippen LogP contribution >= 0.6 is 0 Å². The molecule has 0 aliphatic heterocycles. The van der Waals surface area contributed by atoms with Crippen LogP contribution in [0.4, 0.5) is 11.9 Å². The number of rotatable bonds is 3. The summed E-state index contributed by atoms with van der Waals surface area (Å²) in [5.41, 5.74) is 16.4. The van der Waals surface area contributed by atoms with Crippen LogP contribution in [-0.2, 0) is 7.05 Å². The summed E-state index contributed by atoms with van der Waals surface area (Å²) in [6.07, 6.45) is 3.75. The molecule has 0 aliphatic rings. The molecule has 0 saturated heterocycles. The van der Waals surface area contributed by atoms with Crippen molar-refractivity contribution in [2.75, 3.05) is 11.5 Å². The molecular formula is C19H20N8. The van der Waals surface area contributed by atoms with Gasteiger partial charge in [0.15, 0.2) is 0 Å². The summed E-state index contributed by atoms with van der Waals surface area (Å²) in [5.74, 6) is 0.554. The minimum atomic E-state index is -0.176. The van der Waals surface area contributed by atoms with Crippen molar-refractivity contribution in [2.24, 2.45) is 7.05 Å². The molecule has 0 bridgehead atoms. The van der Waals surface area contributed by atoms with Gasteiger partial charge in [0, 0.05) is 30.1 Å². The standard InChI is InChI=1S/C19H20N8/c1-10-5-4-6-12-7-14(11(2)17-24-18(20)26-19(21)25-17)16(23-15(10)12)13-8-22-27(3)9-13/h4-9,11H,1-3H3,(H4,20,21,24,25,26). The van der Waals surface area contributed by atoms with Gasteiger partial charge in [0.25, 0.3) is 0 Å². The first-order chi connectivity index (χ1) is 12.9. The number of anilines is 2. The van der Waals surface area contributed by atoms with E-state index >= 15 is 0 Å². The highest BCUT2D eigenvalue weighted by Gasteiger charge is 2.21. The summed E-state index contributed by atoms with van der Waals surface area (Å²) in [6, 6.07) is 8.25. The Bertz CT molecular complexity index is 1130. The van der Waals surface area contributed by atoms with E-state index < -0.39 is 0 Å². The Hall–Kier alpha value is -3.55. The second-order valence-electron chi connectivity index (χ2n) is 6.61. The highest BCUT2D eigenvalue weighted by molar-refractivity contribution is 5.86. The van der Waals surface area contributed by atoms with Crippen LogP contribution in [0.2, 0.25) is 0 Å². The number of hydrogen-bond donors (Lipinski definition) is 2. The number of pyridine rings is 1. The summed E-state index contributed by atoms with van der Waals surface area (Å²) >= 11 is 0. The van der Waals surface area contributed by atoms with Crippen molar-refractivity contribution >= 4 is 22.8 Å². The molecule has 27 heavy (non-hydrogen) atoms. The summed E-state index contributed by atoms with van der Waals surface area (Å²) in [4.78, 5) is 17.4. The molecule has 0 fully saturated rings. The lowest BCUT2D eigenvalue weighted by Crippen LogP contribution is -2.11. The number of para-hydroxylation sites is 1. The van der Waals surface area contributed by atoms with Gasteiger partial charge in [-0.25, -0.2) is 4.98 Å². The zero-order valence-corrected chi connectivity index (χ0v) is 15.4. The number of benzene rings is 1. The van der Waals surface area contributed by atoms with Gasteiger partial charge >= 0.3 is 0 Å². The maximum Gasteiger partial charge on any atom is 0.225 e. The van der Waals surface area contributed by atoms with E-state index in [0.29, 0.717) is 5.82 Å². The van der Waals surface area contributed by atoms with Gasteiger partial charge in [-0.15, -0.1) is 0 Å². The second-order valence-corrected chi connectivity index (χ2v) is 6.61. The molecule has 1 atom stereocenters. The highest BCUT2D eigenvalue weighted by Crippen LogP contribution is 2.34. The van der Waals surface area contributed by atoms with E-state index in [1.807, 2.05) is 26.2 Å². The molecule has 0 aliphatic carbocycles. The van der Waals surface area contributed by atoms with Gasteiger partial charge in [0.1, 0.15) is 5.82 Å². The first kappa shape index (κ1) is 16.9. The third kappa shape index (κ3) is 3.05. The fraction of sp³-hybridized carbons (Fsp3) is 0.211. The van der Waals surface area contributed by atoms with E-state index in [4.69, 9.17) is 16.5 Å². The molecule has 1 aromatic carbocycles. The largest absolute Gasteiger partial charge is 0.368 e. The lowest BCUT2D eigenvalue weighted by molar-refractivity contribution is 0.768. The molecule has 0 radical (unpaired) electrons. The van der Waals surface area contributed by atoms with Gasteiger partial charge in [-0.3, -0.25) is 4.68 Å². The third-order valence-corrected chi connectivity index (χ3v) is 4.60. The zero-order chi connectivity index (χ0) is 19.1. The average Bonchev–Trinajstić information content (AvgIpc) is 3.06. The number of hydrogen-bond acceptors (Lipinski definition) is 7. The van der Waals surface area contributed by atoms with E-state index in [-0.39, 0.29) is 17.8 Å². The lowest BCUT2D eigenvalue weighted by Gasteiger charge is -2.16. The molecule has 4 aromatic rings. The molecule has 8 heteroatoms. The molecule has 3 aromatic heterocycles. The molecule has 0 spiro atoms. The van der Waals surface area contributed by atoms with Gasteiger partial charge < -0.3 is 11.5 Å². The van der Waals surface area contributed by atoms with Crippen molar-refractivity contribution in [1.82, 2.24) is 29.7 Å². The SMILES string of the molecule is Cc1cccc2cc(C(C)c3nc(N)nc(N)n3)c(-c3cnn(C)c3)nc12. The van der Waals surface area contributed by atoms with Crippen molar-refractivity contribution in [1.29, 1.82) is 0 Å². The van der Waals surface area contributed by atoms with Crippen LogP contribution in [0.3, 0.4) is 0 Å². The minimum absolute atomic E-state index is 0.108. The minimum Gasteiger partial charge on any atom is -0.368 e. The number of nitrogen functional groups attached to an aromatic ring is 2. The smallest absolute Gasteiger partial charge is 0.225 e. The fourth-order valence-corrected chi connectivity index (χ4v) is 3.23. The lowest BCUT2D eigenvalue weighted by atomic mass is 9.94. The average molecular weight is 360 g/mol. The predicted molar refractivity (Wildman–Crippen MR) is 105 cm³/mol. The van der Waals surface area contributed by atoms with Gasteiger partial charge in [-0.1, -0.05) is 25.1 Å². The number of aryl methyl sites for hydroxylation is 2. The Morgan fingerprint density at radius 3 is 2.44 bits per heavy atom. The molecule has 1 unspecified atom stereocenters. The summed E-state index contributed by atoms with van der Waals surface area (Å²) in [5, 5.41) is 5.35. The van der Waals surface area contributed by atoms with Crippen LogP contribution in [0.5, 0.6) is 0 Å². The Morgan fingerprint density at radius 2 is 1.78 bits per heavy atom. The first-order valence-electron chi connectivity index (χ1n) is 8.58. The first-order valence-corrected chi connectivity index (χ1v) is 8.58. The monoisotopic (exact) mass is 360 g/mol. The van der Waals surface area contributed by atoms with Crippen molar-refractivity contribution in [2.45, 2.75) is 19.8 Å². The van der Waals surface area contributed by atoms with Crippen LogP contribution in [0, 0.1) is 6.92 Å². The van der Waals surface area contributed by atoms with E-state index in [2.05, 4.69) is 45.2 Å². The quantitative estimate of drug-likeness (QED) is 0.575. The summed E-state index contributed by atoms with van der Waals surface area (Å²) in [6.45, 7) is 4.06. The third-order valence-electron chi connectivity index (χ3n) is 4.60. The molecule has 4 rings (SSSR count). The van der Waals surface area contributed by atoms with Crippen molar-refractivity contribution in [3.05, 3.63) is 53.6 Å². The van der Waals surface area contributed by atoms with E-state index in [0.717, 1.165) is 33.3 Å². The normalized spacial score (nSPS) is 12.4. The van der Waals surface area contributed by atoms with Gasteiger partial charge in [-0.05, 0) is 24.1 Å². The number of nitrogens with zero attached hydrogens (tertiary/aromatic N) is 6. The number of fused-ring (bicyclic) bond motifs is 1. The Kier molecular flexibility index (Phi) is 3.95. The van der Waals surface area contributed by atoms with Crippen LogP contribution < -0.4 is 11.5 Å². The number of aromatic nitrogens is 6. The van der Waals surface area contributed by atoms with Crippen molar-refractivity contribution in [3.63, 3.8) is 0 Å². The zero-order valence-electron chi connectivity index (χ0n) is 15.4. The molecule has 3 heterocycles. The topological polar surface area (TPSA) is 121 Å².